The SMILES string of the molecule is CCCCCCCCCCCCCCCCCCCCCCC/C=C/C(O)C(COC1OC(CO)C(OC2OC(CO)C(OC3OC(CO)C(O)C(O)C3O)C(O)C2O)C(O)C1O)NC(=O)CCCCCCC. The molecule has 17 unspecified atom stereocenters. The van der Waals surface area contributed by atoms with E-state index in [9.17, 15) is 61.0 Å². The van der Waals surface area contributed by atoms with Gasteiger partial charge < -0.3 is 89.9 Å². The summed E-state index contributed by atoms with van der Waals surface area (Å²) >= 11 is 0. The van der Waals surface area contributed by atoms with Gasteiger partial charge in [-0.25, -0.2) is 0 Å². The summed E-state index contributed by atoms with van der Waals surface area (Å²) in [7, 11) is 0. The summed E-state index contributed by atoms with van der Waals surface area (Å²) in [6.07, 6.45) is 9.94. The van der Waals surface area contributed by atoms with Crippen LogP contribution in [0.2, 0.25) is 0 Å². The topological polar surface area (TPSA) is 307 Å². The molecule has 0 radical (unpaired) electrons. The minimum Gasteiger partial charge on any atom is -0.394 e. The van der Waals surface area contributed by atoms with Gasteiger partial charge in [0.15, 0.2) is 18.9 Å². The molecule has 3 saturated heterocycles. The molecule has 73 heavy (non-hydrogen) atoms. The number of aliphatic hydroxyl groups excluding tert-OH is 11. The van der Waals surface area contributed by atoms with Crippen molar-refractivity contribution < 1.29 is 89.4 Å². The number of hydrogen-bond acceptors (Lipinski definition) is 18. The molecule has 0 aliphatic carbocycles. The molecule has 19 heteroatoms. The molecule has 19 nitrogen and oxygen atoms in total. The first-order valence-corrected chi connectivity index (χ1v) is 28.4. The van der Waals surface area contributed by atoms with E-state index in [4.69, 9.17) is 28.4 Å². The van der Waals surface area contributed by atoms with Gasteiger partial charge in [-0.2, -0.15) is 0 Å². The van der Waals surface area contributed by atoms with E-state index in [1.54, 1.807) is 6.08 Å². The number of aliphatic hydroxyl groups is 11. The second-order valence-corrected chi connectivity index (χ2v) is 20.8. The van der Waals surface area contributed by atoms with Gasteiger partial charge in [-0.15, -0.1) is 0 Å². The standard InChI is InChI=1S/C54H101NO18/c1-3-5-7-9-10-11-12-13-14-15-16-17-18-19-20-21-22-23-24-25-26-28-29-31-38(59)37(55-42(60)32-30-27-8-6-4-2)36-68-52-48(66)45(63)50(40(34-57)70-52)73-54-49(67)46(64)51(41(35-58)71-54)72-53-47(65)44(62)43(61)39(33-56)69-53/h29,31,37-41,43-54,56-59,61-67H,3-28,30,32-36H2,1-2H3,(H,55,60)/b31-29+. The van der Waals surface area contributed by atoms with Crippen LogP contribution in [0.15, 0.2) is 12.2 Å². The van der Waals surface area contributed by atoms with Crippen LogP contribution in [-0.2, 0) is 33.2 Å². The van der Waals surface area contributed by atoms with Gasteiger partial charge in [0.25, 0.3) is 0 Å². The van der Waals surface area contributed by atoms with Crippen molar-refractivity contribution in [1.29, 1.82) is 0 Å². The third kappa shape index (κ3) is 24.0. The van der Waals surface area contributed by atoms with Crippen LogP contribution < -0.4 is 5.32 Å². The number of ether oxygens (including phenoxy) is 6. The summed E-state index contributed by atoms with van der Waals surface area (Å²) in [5.74, 6) is -0.288. The molecule has 0 aromatic carbocycles. The summed E-state index contributed by atoms with van der Waals surface area (Å²) in [5.41, 5.74) is 0. The van der Waals surface area contributed by atoms with Crippen LogP contribution in [0.5, 0.6) is 0 Å². The number of rotatable bonds is 41. The Morgan fingerprint density at radius 2 is 0.849 bits per heavy atom. The highest BCUT2D eigenvalue weighted by Gasteiger charge is 2.53. The largest absolute Gasteiger partial charge is 0.394 e. The first-order chi connectivity index (χ1) is 35.3. The van der Waals surface area contributed by atoms with Crippen LogP contribution in [0.3, 0.4) is 0 Å². The van der Waals surface area contributed by atoms with E-state index in [1.807, 2.05) is 6.08 Å². The van der Waals surface area contributed by atoms with Crippen LogP contribution in [0, 0.1) is 0 Å². The Labute approximate surface area is 436 Å². The maximum Gasteiger partial charge on any atom is 0.220 e. The van der Waals surface area contributed by atoms with Crippen molar-refractivity contribution in [2.24, 2.45) is 0 Å². The Bertz CT molecular complexity index is 1400. The van der Waals surface area contributed by atoms with Crippen LogP contribution in [0.4, 0.5) is 0 Å². The molecule has 0 aromatic rings. The maximum absolute atomic E-state index is 13.1. The number of carbonyl (C=O) groups is 1. The Hall–Kier alpha value is -1.47. The first kappa shape index (κ1) is 65.8. The van der Waals surface area contributed by atoms with Gasteiger partial charge >= 0.3 is 0 Å². The molecule has 0 aromatic heterocycles. The van der Waals surface area contributed by atoms with Crippen LogP contribution in [-0.4, -0.2) is 193 Å². The molecule has 0 spiro atoms. The molecule has 0 saturated carbocycles. The van der Waals surface area contributed by atoms with Crippen molar-refractivity contribution in [3.8, 4) is 0 Å². The van der Waals surface area contributed by atoms with E-state index in [-0.39, 0.29) is 18.9 Å². The Morgan fingerprint density at radius 1 is 0.479 bits per heavy atom. The predicted octanol–water partition coefficient (Wildman–Crippen LogP) is 3.82. The monoisotopic (exact) mass is 1050 g/mol. The number of nitrogens with one attached hydrogen (secondary N) is 1. The summed E-state index contributed by atoms with van der Waals surface area (Å²) in [6.45, 7) is 1.61. The molecule has 17 atom stereocenters. The molecule has 3 fully saturated rings. The van der Waals surface area contributed by atoms with E-state index in [0.29, 0.717) is 6.42 Å². The first-order valence-electron chi connectivity index (χ1n) is 28.4. The van der Waals surface area contributed by atoms with E-state index < -0.39 is 124 Å². The third-order valence-electron chi connectivity index (χ3n) is 14.6. The Balaban J connectivity index is 1.43. The van der Waals surface area contributed by atoms with Gasteiger partial charge in [0.1, 0.15) is 73.2 Å². The van der Waals surface area contributed by atoms with E-state index in [0.717, 1.165) is 51.4 Å². The van der Waals surface area contributed by atoms with Gasteiger partial charge in [0, 0.05) is 6.42 Å². The van der Waals surface area contributed by atoms with Crippen molar-refractivity contribution >= 4 is 5.91 Å². The van der Waals surface area contributed by atoms with Crippen LogP contribution in [0.25, 0.3) is 0 Å². The lowest BCUT2D eigenvalue weighted by molar-refractivity contribution is -0.379. The molecule has 3 rings (SSSR count). The zero-order valence-corrected chi connectivity index (χ0v) is 44.4. The third-order valence-corrected chi connectivity index (χ3v) is 14.6. The lowest BCUT2D eigenvalue weighted by Crippen LogP contribution is -2.66. The second kappa shape index (κ2) is 39.0. The molecule has 12 N–H and O–H groups in total. The molecule has 0 bridgehead atoms. The van der Waals surface area contributed by atoms with Gasteiger partial charge in [-0.3, -0.25) is 4.79 Å². The lowest BCUT2D eigenvalue weighted by atomic mass is 9.96. The highest BCUT2D eigenvalue weighted by Crippen LogP contribution is 2.33. The average molecular weight is 1050 g/mol. The molecule has 1 amide bonds. The number of unbranched alkanes of at least 4 members (excludes halogenated alkanes) is 25. The normalized spacial score (nSPS) is 31.8. The van der Waals surface area contributed by atoms with Gasteiger partial charge in [0.05, 0.1) is 38.6 Å². The summed E-state index contributed by atoms with van der Waals surface area (Å²) in [5, 5.41) is 119. The number of amides is 1. The fraction of sp³-hybridized carbons (Fsp3) is 0.944. The van der Waals surface area contributed by atoms with Crippen molar-refractivity contribution in [1.82, 2.24) is 5.32 Å². The van der Waals surface area contributed by atoms with Crippen molar-refractivity contribution in [2.45, 2.75) is 298 Å². The Morgan fingerprint density at radius 3 is 1.29 bits per heavy atom. The molecular formula is C54H101NO18. The zero-order valence-electron chi connectivity index (χ0n) is 44.4. The van der Waals surface area contributed by atoms with Crippen molar-refractivity contribution in [2.75, 3.05) is 26.4 Å². The summed E-state index contributed by atoms with van der Waals surface area (Å²) < 4.78 is 34.1. The number of hydrogen-bond donors (Lipinski definition) is 12. The Kier molecular flexibility index (Phi) is 35.1. The minimum atomic E-state index is -1.97. The average Bonchev–Trinajstić information content (AvgIpc) is 3.38. The minimum absolute atomic E-state index is 0.241. The van der Waals surface area contributed by atoms with Gasteiger partial charge in [0.2, 0.25) is 5.91 Å². The van der Waals surface area contributed by atoms with E-state index >= 15 is 0 Å². The highest BCUT2D eigenvalue weighted by molar-refractivity contribution is 5.76. The molecule has 430 valence electrons. The van der Waals surface area contributed by atoms with Crippen molar-refractivity contribution in [3.63, 3.8) is 0 Å². The summed E-state index contributed by atoms with van der Waals surface area (Å²) in [4.78, 5) is 13.1. The summed E-state index contributed by atoms with van der Waals surface area (Å²) in [6, 6.07) is -0.963. The fourth-order valence-electron chi connectivity index (χ4n) is 9.84. The van der Waals surface area contributed by atoms with Gasteiger partial charge in [-0.1, -0.05) is 180 Å². The molecular weight excluding hydrogens is 951 g/mol. The smallest absolute Gasteiger partial charge is 0.220 e. The quantitative estimate of drug-likeness (QED) is 0.0306. The molecule has 3 aliphatic rings. The van der Waals surface area contributed by atoms with Crippen molar-refractivity contribution in [3.05, 3.63) is 12.2 Å². The highest BCUT2D eigenvalue weighted by atomic mass is 16.8. The molecule has 3 heterocycles. The van der Waals surface area contributed by atoms with Gasteiger partial charge in [-0.05, 0) is 19.3 Å². The van der Waals surface area contributed by atoms with E-state index in [1.165, 1.54) is 116 Å². The lowest BCUT2D eigenvalue weighted by Gasteiger charge is -2.48. The second-order valence-electron chi connectivity index (χ2n) is 20.8. The van der Waals surface area contributed by atoms with Crippen LogP contribution in [0.1, 0.15) is 194 Å². The zero-order chi connectivity index (χ0) is 53.4. The van der Waals surface area contributed by atoms with E-state index in [2.05, 4.69) is 19.2 Å². The molecule has 3 aliphatic heterocycles. The van der Waals surface area contributed by atoms with Crippen LogP contribution >= 0.6 is 0 Å². The maximum atomic E-state index is 13.1. The number of allylic oxidation sites excluding steroid dienone is 1. The fourth-order valence-corrected chi connectivity index (χ4v) is 9.84. The predicted molar refractivity (Wildman–Crippen MR) is 273 cm³/mol. The number of carbonyl (C=O) groups excluding carboxylic acids is 1.